The quantitative estimate of drug-likeness (QED) is 0.831. The van der Waals surface area contributed by atoms with E-state index in [4.69, 9.17) is 10.2 Å². The third-order valence-corrected chi connectivity index (χ3v) is 2.59. The van der Waals surface area contributed by atoms with Crippen molar-refractivity contribution in [3.63, 3.8) is 0 Å². The second-order valence-corrected chi connectivity index (χ2v) is 3.86. The Kier molecular flexibility index (Phi) is 2.55. The highest BCUT2D eigenvalue weighted by Gasteiger charge is 2.16. The second-order valence-electron chi connectivity index (χ2n) is 3.86. The molecule has 0 fully saturated rings. The van der Waals surface area contributed by atoms with Gasteiger partial charge in [0.2, 0.25) is 0 Å². The first-order valence-corrected chi connectivity index (χ1v) is 5.00. The minimum Gasteiger partial charge on any atom is -0.478 e. The molecule has 0 radical (unpaired) electrons. The first-order valence-electron chi connectivity index (χ1n) is 5.00. The number of hydrogen-bond donors (Lipinski definition) is 2. The molecule has 2 aromatic rings. The molecule has 2 rings (SSSR count). The normalized spacial score (nSPS) is 10.4. The summed E-state index contributed by atoms with van der Waals surface area (Å²) in [7, 11) is 0. The van der Waals surface area contributed by atoms with E-state index in [1.54, 1.807) is 6.07 Å². The van der Waals surface area contributed by atoms with Gasteiger partial charge in [-0.05, 0) is 29.8 Å². The van der Waals surface area contributed by atoms with Crippen molar-refractivity contribution in [2.45, 2.75) is 6.92 Å². The zero-order valence-corrected chi connectivity index (χ0v) is 9.10. The third kappa shape index (κ3) is 1.97. The fraction of sp³-hybridized carbons (Fsp3) is 0.0769. The summed E-state index contributed by atoms with van der Waals surface area (Å²) in [5.41, 5.74) is 0.626. The van der Waals surface area contributed by atoms with Gasteiger partial charge in [-0.25, -0.2) is 9.59 Å². The van der Waals surface area contributed by atoms with Gasteiger partial charge in [-0.2, -0.15) is 0 Å². The Hall–Kier alpha value is -2.36. The SMILES string of the molecule is Cc1ccc2cc(C(=O)O)c(C(=O)O)cc2c1. The number of carboxylic acids is 2. The Bertz CT molecular complexity index is 629. The number of aromatic carboxylic acids is 2. The number of carbonyl (C=O) groups is 2. The van der Waals surface area contributed by atoms with E-state index in [-0.39, 0.29) is 11.1 Å². The van der Waals surface area contributed by atoms with Crippen LogP contribution in [0.1, 0.15) is 26.3 Å². The van der Waals surface area contributed by atoms with Crippen LogP contribution in [-0.2, 0) is 0 Å². The molecule has 4 heteroatoms. The van der Waals surface area contributed by atoms with Crippen molar-refractivity contribution in [3.8, 4) is 0 Å². The molecule has 17 heavy (non-hydrogen) atoms. The summed E-state index contributed by atoms with van der Waals surface area (Å²) in [6, 6.07) is 8.25. The van der Waals surface area contributed by atoms with E-state index in [1.165, 1.54) is 12.1 Å². The predicted octanol–water partition coefficient (Wildman–Crippen LogP) is 2.54. The summed E-state index contributed by atoms with van der Waals surface area (Å²) in [4.78, 5) is 22.0. The van der Waals surface area contributed by atoms with Crippen molar-refractivity contribution in [1.29, 1.82) is 0 Å². The molecule has 2 N–H and O–H groups in total. The van der Waals surface area contributed by atoms with Crippen LogP contribution in [0, 0.1) is 6.92 Å². The highest BCUT2D eigenvalue weighted by molar-refractivity contribution is 6.06. The molecule has 0 spiro atoms. The van der Waals surface area contributed by atoms with Crippen LogP contribution in [0.15, 0.2) is 30.3 Å². The van der Waals surface area contributed by atoms with Crippen LogP contribution in [0.3, 0.4) is 0 Å². The highest BCUT2D eigenvalue weighted by Crippen LogP contribution is 2.21. The standard InChI is InChI=1S/C13H10O4/c1-7-2-3-8-5-10(12(14)15)11(13(16)17)6-9(8)4-7/h2-6H,1H3,(H,14,15)(H,16,17). The highest BCUT2D eigenvalue weighted by atomic mass is 16.4. The number of fused-ring (bicyclic) bond motifs is 1. The number of carboxylic acid groups (broad SMARTS) is 2. The predicted molar refractivity (Wildman–Crippen MR) is 62.6 cm³/mol. The van der Waals surface area contributed by atoms with Crippen LogP contribution in [0.5, 0.6) is 0 Å². The van der Waals surface area contributed by atoms with Gasteiger partial charge < -0.3 is 10.2 Å². The van der Waals surface area contributed by atoms with Crippen LogP contribution < -0.4 is 0 Å². The maximum absolute atomic E-state index is 11.0. The van der Waals surface area contributed by atoms with Crippen LogP contribution in [-0.4, -0.2) is 22.2 Å². The van der Waals surface area contributed by atoms with E-state index in [0.717, 1.165) is 16.3 Å². The first kappa shape index (κ1) is 11.1. The molecule has 0 amide bonds. The summed E-state index contributed by atoms with van der Waals surface area (Å²) in [5, 5.41) is 19.4. The van der Waals surface area contributed by atoms with E-state index < -0.39 is 11.9 Å². The molecule has 0 heterocycles. The molecule has 0 saturated carbocycles. The Morgan fingerprint density at radius 2 is 1.41 bits per heavy atom. The summed E-state index contributed by atoms with van der Waals surface area (Å²) >= 11 is 0. The molecule has 0 atom stereocenters. The van der Waals surface area contributed by atoms with Crippen LogP contribution >= 0.6 is 0 Å². The zero-order chi connectivity index (χ0) is 12.6. The van der Waals surface area contributed by atoms with Gasteiger partial charge in [0, 0.05) is 0 Å². The van der Waals surface area contributed by atoms with Crippen molar-refractivity contribution in [3.05, 3.63) is 47.0 Å². The molecule has 0 aliphatic heterocycles. The summed E-state index contributed by atoms with van der Waals surface area (Å²) in [6.45, 7) is 1.89. The van der Waals surface area contributed by atoms with Gasteiger partial charge in [0.05, 0.1) is 11.1 Å². The Balaban J connectivity index is 2.81. The molecular formula is C13H10O4. The molecule has 2 aromatic carbocycles. The number of hydrogen-bond acceptors (Lipinski definition) is 2. The van der Waals surface area contributed by atoms with E-state index in [0.29, 0.717) is 0 Å². The second kappa shape index (κ2) is 3.90. The van der Waals surface area contributed by atoms with Crippen molar-refractivity contribution < 1.29 is 19.8 Å². The number of aryl methyl sites for hydroxylation is 1. The molecule has 0 bridgehead atoms. The van der Waals surface area contributed by atoms with Gasteiger partial charge in [-0.1, -0.05) is 23.8 Å². The lowest BCUT2D eigenvalue weighted by atomic mass is 9.99. The average Bonchev–Trinajstić information content (AvgIpc) is 2.26. The summed E-state index contributed by atoms with van der Waals surface area (Å²) in [5.74, 6) is -2.46. The van der Waals surface area contributed by atoms with Crippen LogP contribution in [0.2, 0.25) is 0 Å². The third-order valence-electron chi connectivity index (χ3n) is 2.59. The van der Waals surface area contributed by atoms with E-state index in [9.17, 15) is 9.59 Å². The lowest BCUT2D eigenvalue weighted by Crippen LogP contribution is -2.07. The van der Waals surface area contributed by atoms with Crippen molar-refractivity contribution in [2.24, 2.45) is 0 Å². The lowest BCUT2D eigenvalue weighted by molar-refractivity contribution is 0.0652. The Morgan fingerprint density at radius 3 is 1.94 bits per heavy atom. The van der Waals surface area contributed by atoms with Gasteiger partial charge in [-0.15, -0.1) is 0 Å². The molecule has 0 aliphatic rings. The number of benzene rings is 2. The summed E-state index contributed by atoms with van der Waals surface area (Å²) in [6.07, 6.45) is 0. The van der Waals surface area contributed by atoms with Crippen molar-refractivity contribution in [2.75, 3.05) is 0 Å². The van der Waals surface area contributed by atoms with Gasteiger partial charge in [0.15, 0.2) is 0 Å². The average molecular weight is 230 g/mol. The maximum Gasteiger partial charge on any atom is 0.336 e. The minimum atomic E-state index is -1.23. The minimum absolute atomic E-state index is 0.185. The van der Waals surface area contributed by atoms with E-state index in [2.05, 4.69) is 0 Å². The smallest absolute Gasteiger partial charge is 0.336 e. The Labute approximate surface area is 97.1 Å². The number of rotatable bonds is 2. The van der Waals surface area contributed by atoms with Gasteiger partial charge in [-0.3, -0.25) is 0 Å². The van der Waals surface area contributed by atoms with Gasteiger partial charge in [0.1, 0.15) is 0 Å². The largest absolute Gasteiger partial charge is 0.478 e. The van der Waals surface area contributed by atoms with Crippen LogP contribution in [0.4, 0.5) is 0 Å². The maximum atomic E-state index is 11.0. The molecular weight excluding hydrogens is 220 g/mol. The molecule has 0 unspecified atom stereocenters. The van der Waals surface area contributed by atoms with E-state index >= 15 is 0 Å². The van der Waals surface area contributed by atoms with Crippen molar-refractivity contribution in [1.82, 2.24) is 0 Å². The van der Waals surface area contributed by atoms with Gasteiger partial charge >= 0.3 is 11.9 Å². The fourth-order valence-electron chi connectivity index (χ4n) is 1.77. The van der Waals surface area contributed by atoms with Crippen LogP contribution in [0.25, 0.3) is 10.8 Å². The first-order chi connectivity index (χ1) is 7.99. The van der Waals surface area contributed by atoms with Crippen molar-refractivity contribution >= 4 is 22.7 Å². The topological polar surface area (TPSA) is 74.6 Å². The van der Waals surface area contributed by atoms with Gasteiger partial charge in [0.25, 0.3) is 0 Å². The molecule has 0 saturated heterocycles. The molecule has 86 valence electrons. The van der Waals surface area contributed by atoms with E-state index in [1.807, 2.05) is 19.1 Å². The zero-order valence-electron chi connectivity index (χ0n) is 9.10. The molecule has 0 aromatic heterocycles. The Morgan fingerprint density at radius 1 is 0.882 bits per heavy atom. The monoisotopic (exact) mass is 230 g/mol. The fourth-order valence-corrected chi connectivity index (χ4v) is 1.77. The molecule has 4 nitrogen and oxygen atoms in total. The summed E-state index contributed by atoms with van der Waals surface area (Å²) < 4.78 is 0. The lowest BCUT2D eigenvalue weighted by Gasteiger charge is -2.05. The molecule has 0 aliphatic carbocycles.